The third kappa shape index (κ3) is 2.15. The van der Waals surface area contributed by atoms with E-state index in [1.54, 1.807) is 10.6 Å². The molecule has 6 nitrogen and oxygen atoms in total. The lowest BCUT2D eigenvalue weighted by atomic mass is 10.1. The minimum Gasteiger partial charge on any atom is -0.508 e. The zero-order chi connectivity index (χ0) is 13.4. The van der Waals surface area contributed by atoms with Gasteiger partial charge in [0.25, 0.3) is 0 Å². The maximum atomic E-state index is 11.2. The molecule has 19 heavy (non-hydrogen) atoms. The van der Waals surface area contributed by atoms with E-state index in [2.05, 4.69) is 10.3 Å². The van der Waals surface area contributed by atoms with Gasteiger partial charge in [0, 0.05) is 18.7 Å². The Morgan fingerprint density at radius 2 is 2.42 bits per heavy atom. The SMILES string of the molecule is O=C(O)c1nc(CC2CCNC2)n2ccc(O)cc12. The van der Waals surface area contributed by atoms with Crippen molar-refractivity contribution in [3.8, 4) is 5.75 Å². The number of aromatic nitrogens is 2. The molecule has 0 saturated carbocycles. The molecule has 3 heterocycles. The first-order valence-electron chi connectivity index (χ1n) is 6.29. The highest BCUT2D eigenvalue weighted by atomic mass is 16.4. The zero-order valence-electron chi connectivity index (χ0n) is 10.3. The lowest BCUT2D eigenvalue weighted by Crippen LogP contribution is -2.12. The number of carboxylic acids is 1. The maximum Gasteiger partial charge on any atom is 0.356 e. The second kappa shape index (κ2) is 4.55. The van der Waals surface area contributed by atoms with Crippen LogP contribution >= 0.6 is 0 Å². The molecule has 0 aromatic carbocycles. The number of pyridine rings is 1. The summed E-state index contributed by atoms with van der Waals surface area (Å²) in [6.45, 7) is 1.94. The van der Waals surface area contributed by atoms with Gasteiger partial charge in [-0.3, -0.25) is 0 Å². The summed E-state index contributed by atoms with van der Waals surface area (Å²) in [6.07, 6.45) is 3.49. The fraction of sp³-hybridized carbons (Fsp3) is 0.385. The summed E-state index contributed by atoms with van der Waals surface area (Å²) < 4.78 is 1.75. The van der Waals surface area contributed by atoms with Crippen molar-refractivity contribution in [3.63, 3.8) is 0 Å². The van der Waals surface area contributed by atoms with Crippen LogP contribution in [0.15, 0.2) is 18.3 Å². The molecule has 1 saturated heterocycles. The minimum atomic E-state index is -1.07. The van der Waals surface area contributed by atoms with E-state index in [1.807, 2.05) is 0 Å². The average Bonchev–Trinajstić information content (AvgIpc) is 2.97. The number of carboxylic acid groups (broad SMARTS) is 1. The van der Waals surface area contributed by atoms with E-state index in [0.29, 0.717) is 11.4 Å². The zero-order valence-corrected chi connectivity index (χ0v) is 10.3. The number of nitrogens with zero attached hydrogens (tertiary/aromatic N) is 2. The Labute approximate surface area is 109 Å². The molecule has 1 fully saturated rings. The Hall–Kier alpha value is -2.08. The normalized spacial score (nSPS) is 19.1. The number of rotatable bonds is 3. The van der Waals surface area contributed by atoms with Crippen LogP contribution in [0.5, 0.6) is 5.75 Å². The van der Waals surface area contributed by atoms with Crippen LogP contribution in [0.3, 0.4) is 0 Å². The van der Waals surface area contributed by atoms with Crippen LogP contribution in [-0.4, -0.2) is 38.7 Å². The molecule has 0 amide bonds. The minimum absolute atomic E-state index is 0.00291. The second-order valence-corrected chi connectivity index (χ2v) is 4.88. The number of aromatic hydroxyl groups is 1. The Morgan fingerprint density at radius 1 is 1.58 bits per heavy atom. The van der Waals surface area contributed by atoms with Crippen LogP contribution in [0.25, 0.3) is 5.52 Å². The van der Waals surface area contributed by atoms with Crippen molar-refractivity contribution in [2.75, 3.05) is 13.1 Å². The van der Waals surface area contributed by atoms with Crippen LogP contribution in [-0.2, 0) is 6.42 Å². The molecule has 6 heteroatoms. The first-order valence-corrected chi connectivity index (χ1v) is 6.29. The quantitative estimate of drug-likeness (QED) is 0.764. The van der Waals surface area contributed by atoms with Crippen molar-refractivity contribution in [2.45, 2.75) is 12.8 Å². The number of carbonyl (C=O) groups is 1. The Bertz CT molecular complexity index is 629. The lowest BCUT2D eigenvalue weighted by Gasteiger charge is -2.06. The summed E-state index contributed by atoms with van der Waals surface area (Å²) >= 11 is 0. The van der Waals surface area contributed by atoms with Gasteiger partial charge in [0.2, 0.25) is 0 Å². The summed E-state index contributed by atoms with van der Waals surface area (Å²) in [5.74, 6) is 0.199. The Morgan fingerprint density at radius 3 is 3.11 bits per heavy atom. The van der Waals surface area contributed by atoms with Crippen LogP contribution in [0, 0.1) is 5.92 Å². The summed E-state index contributed by atoms with van der Waals surface area (Å²) in [5.41, 5.74) is 0.435. The smallest absolute Gasteiger partial charge is 0.356 e. The first kappa shape index (κ1) is 12.0. The summed E-state index contributed by atoms with van der Waals surface area (Å²) in [7, 11) is 0. The van der Waals surface area contributed by atoms with Gasteiger partial charge in [-0.05, 0) is 31.5 Å². The van der Waals surface area contributed by atoms with Gasteiger partial charge >= 0.3 is 5.97 Å². The van der Waals surface area contributed by atoms with E-state index in [9.17, 15) is 15.0 Å². The molecule has 1 aliphatic rings. The predicted molar refractivity (Wildman–Crippen MR) is 68.5 cm³/mol. The molecule has 3 N–H and O–H groups in total. The van der Waals surface area contributed by atoms with Crippen molar-refractivity contribution in [2.24, 2.45) is 5.92 Å². The molecular weight excluding hydrogens is 246 g/mol. The fourth-order valence-corrected chi connectivity index (χ4v) is 2.58. The van der Waals surface area contributed by atoms with Gasteiger partial charge in [0.05, 0.1) is 5.52 Å². The number of nitrogens with one attached hydrogen (secondary N) is 1. The van der Waals surface area contributed by atoms with E-state index in [-0.39, 0.29) is 11.4 Å². The van der Waals surface area contributed by atoms with Gasteiger partial charge in [0.1, 0.15) is 11.6 Å². The van der Waals surface area contributed by atoms with E-state index >= 15 is 0 Å². The second-order valence-electron chi connectivity index (χ2n) is 4.88. The summed E-state index contributed by atoms with van der Waals surface area (Å²) in [5, 5.41) is 21.9. The van der Waals surface area contributed by atoms with Crippen LogP contribution in [0.4, 0.5) is 0 Å². The van der Waals surface area contributed by atoms with Gasteiger partial charge < -0.3 is 19.9 Å². The average molecular weight is 261 g/mol. The first-order chi connectivity index (χ1) is 9.15. The number of imidazole rings is 1. The fourth-order valence-electron chi connectivity index (χ4n) is 2.58. The third-order valence-corrected chi connectivity index (χ3v) is 3.54. The highest BCUT2D eigenvalue weighted by Crippen LogP contribution is 2.22. The maximum absolute atomic E-state index is 11.2. The predicted octanol–water partition coefficient (Wildman–Crippen LogP) is 0.890. The molecule has 2 aromatic rings. The molecule has 3 rings (SSSR count). The van der Waals surface area contributed by atoms with E-state index in [0.717, 1.165) is 31.8 Å². The van der Waals surface area contributed by atoms with Crippen molar-refractivity contribution in [1.29, 1.82) is 0 Å². The van der Waals surface area contributed by atoms with E-state index < -0.39 is 5.97 Å². The van der Waals surface area contributed by atoms with Gasteiger partial charge in [-0.25, -0.2) is 9.78 Å². The summed E-state index contributed by atoms with van der Waals surface area (Å²) in [4.78, 5) is 15.4. The number of hydrogen-bond acceptors (Lipinski definition) is 4. The van der Waals surface area contributed by atoms with Crippen LogP contribution in [0.2, 0.25) is 0 Å². The number of aromatic carboxylic acids is 1. The molecule has 0 aliphatic carbocycles. The molecular formula is C13H15N3O3. The highest BCUT2D eigenvalue weighted by Gasteiger charge is 2.21. The topological polar surface area (TPSA) is 86.9 Å². The summed E-state index contributed by atoms with van der Waals surface area (Å²) in [6, 6.07) is 2.98. The lowest BCUT2D eigenvalue weighted by molar-refractivity contribution is 0.0693. The Kier molecular flexibility index (Phi) is 2.87. The van der Waals surface area contributed by atoms with Gasteiger partial charge in [-0.1, -0.05) is 0 Å². The molecule has 1 aliphatic heterocycles. The molecule has 0 spiro atoms. The monoisotopic (exact) mass is 261 g/mol. The van der Waals surface area contributed by atoms with Crippen molar-refractivity contribution in [3.05, 3.63) is 29.8 Å². The van der Waals surface area contributed by atoms with Crippen LogP contribution in [0.1, 0.15) is 22.7 Å². The molecule has 100 valence electrons. The van der Waals surface area contributed by atoms with Gasteiger partial charge in [-0.15, -0.1) is 0 Å². The number of hydrogen-bond donors (Lipinski definition) is 3. The van der Waals surface area contributed by atoms with Gasteiger partial charge in [0.15, 0.2) is 5.69 Å². The van der Waals surface area contributed by atoms with E-state index in [1.165, 1.54) is 12.1 Å². The van der Waals surface area contributed by atoms with Gasteiger partial charge in [-0.2, -0.15) is 0 Å². The van der Waals surface area contributed by atoms with E-state index in [4.69, 9.17) is 0 Å². The standard InChI is InChI=1S/C13H15N3O3/c17-9-2-4-16-10(6-9)12(13(18)19)15-11(16)5-8-1-3-14-7-8/h2,4,6,8,14,17H,1,3,5,7H2,(H,18,19). The third-order valence-electron chi connectivity index (χ3n) is 3.54. The van der Waals surface area contributed by atoms with Crippen molar-refractivity contribution < 1.29 is 15.0 Å². The molecule has 1 unspecified atom stereocenters. The van der Waals surface area contributed by atoms with Crippen molar-refractivity contribution in [1.82, 2.24) is 14.7 Å². The van der Waals surface area contributed by atoms with Crippen molar-refractivity contribution >= 4 is 11.5 Å². The molecule has 2 aromatic heterocycles. The molecule has 1 atom stereocenters. The van der Waals surface area contributed by atoms with Crippen LogP contribution < -0.4 is 5.32 Å². The molecule has 0 radical (unpaired) electrons. The Balaban J connectivity index is 2.06. The molecule has 0 bridgehead atoms. The largest absolute Gasteiger partial charge is 0.508 e. The number of fused-ring (bicyclic) bond motifs is 1. The highest BCUT2D eigenvalue weighted by molar-refractivity contribution is 5.94.